The number of carboxylic acids is 1. The van der Waals surface area contributed by atoms with Gasteiger partial charge in [0.15, 0.2) is 8.32 Å². The van der Waals surface area contributed by atoms with Crippen LogP contribution >= 0.6 is 0 Å². The minimum Gasteiger partial charge on any atom is -0.481 e. The van der Waals surface area contributed by atoms with Crippen LogP contribution in [0.15, 0.2) is 0 Å². The number of carbonyl (C=O) groups is 1. The normalized spacial score (nSPS) is 11.6. The Hall–Kier alpha value is -0.353. The summed E-state index contributed by atoms with van der Waals surface area (Å²) < 4.78 is 5.56. The van der Waals surface area contributed by atoms with Crippen molar-refractivity contribution >= 4 is 14.3 Å². The quantitative estimate of drug-likeness (QED) is 0.652. The molecular weight excluding hydrogens is 172 g/mol. The third-order valence-electron chi connectivity index (χ3n) is 1.70. The number of rotatable bonds is 6. The van der Waals surface area contributed by atoms with Gasteiger partial charge in [0.1, 0.15) is 0 Å². The van der Waals surface area contributed by atoms with Gasteiger partial charge in [-0.15, -0.1) is 0 Å². The Morgan fingerprint density at radius 1 is 1.50 bits per heavy atom. The smallest absolute Gasteiger partial charge is 0.303 e. The number of aliphatic carboxylic acids is 1. The van der Waals surface area contributed by atoms with Crippen molar-refractivity contribution in [2.45, 2.75) is 38.9 Å². The Morgan fingerprint density at radius 3 is 2.50 bits per heavy atom. The molecule has 0 radical (unpaired) electrons. The molecule has 0 spiro atoms. The molecule has 4 heteroatoms. The minimum atomic E-state index is -1.53. The summed E-state index contributed by atoms with van der Waals surface area (Å²) in [6, 6.07) is 0.938. The fourth-order valence-electron chi connectivity index (χ4n) is 1.13. The third-order valence-corrected chi connectivity index (χ3v) is 4.33. The molecular formula is C8H18O3Si. The highest BCUT2D eigenvalue weighted by Gasteiger charge is 2.21. The van der Waals surface area contributed by atoms with Crippen molar-refractivity contribution in [2.75, 3.05) is 6.61 Å². The average Bonchev–Trinajstić information content (AvgIpc) is 1.85. The number of carboxylic acid groups (broad SMARTS) is 1. The van der Waals surface area contributed by atoms with Gasteiger partial charge in [0.2, 0.25) is 0 Å². The summed E-state index contributed by atoms with van der Waals surface area (Å²) in [6.45, 7) is 6.97. The van der Waals surface area contributed by atoms with E-state index in [2.05, 4.69) is 13.1 Å². The average molecular weight is 190 g/mol. The monoisotopic (exact) mass is 190 g/mol. The van der Waals surface area contributed by atoms with Gasteiger partial charge in [0.25, 0.3) is 0 Å². The van der Waals surface area contributed by atoms with Crippen LogP contribution in [0.2, 0.25) is 19.1 Å². The van der Waals surface area contributed by atoms with E-state index in [1.807, 2.05) is 6.92 Å². The van der Waals surface area contributed by atoms with Crippen LogP contribution in [-0.2, 0) is 9.22 Å². The van der Waals surface area contributed by atoms with Crippen LogP contribution < -0.4 is 0 Å². The highest BCUT2D eigenvalue weighted by Crippen LogP contribution is 2.14. The molecule has 0 unspecified atom stereocenters. The zero-order valence-corrected chi connectivity index (χ0v) is 9.09. The van der Waals surface area contributed by atoms with Gasteiger partial charge in [-0.3, -0.25) is 4.79 Å². The van der Waals surface area contributed by atoms with Crippen LogP contribution in [0.1, 0.15) is 19.8 Å². The molecule has 0 aromatic heterocycles. The van der Waals surface area contributed by atoms with Gasteiger partial charge < -0.3 is 9.53 Å². The van der Waals surface area contributed by atoms with E-state index in [4.69, 9.17) is 9.53 Å². The second-order valence-corrected chi connectivity index (χ2v) is 7.75. The molecule has 0 bridgehead atoms. The summed E-state index contributed by atoms with van der Waals surface area (Å²) >= 11 is 0. The van der Waals surface area contributed by atoms with Crippen molar-refractivity contribution < 1.29 is 14.3 Å². The molecule has 0 aliphatic rings. The van der Waals surface area contributed by atoms with Crippen LogP contribution in [0.4, 0.5) is 0 Å². The summed E-state index contributed by atoms with van der Waals surface area (Å²) in [4.78, 5) is 10.2. The summed E-state index contributed by atoms with van der Waals surface area (Å²) in [6.07, 6.45) is 1.01. The van der Waals surface area contributed by atoms with Gasteiger partial charge in [-0.05, 0) is 32.5 Å². The van der Waals surface area contributed by atoms with Gasteiger partial charge in [-0.25, -0.2) is 0 Å². The van der Waals surface area contributed by atoms with E-state index in [1.165, 1.54) is 0 Å². The Balaban J connectivity index is 3.53. The zero-order chi connectivity index (χ0) is 9.61. The maximum Gasteiger partial charge on any atom is 0.303 e. The van der Waals surface area contributed by atoms with Crippen LogP contribution in [0.5, 0.6) is 0 Å². The predicted molar refractivity (Wildman–Crippen MR) is 50.8 cm³/mol. The molecule has 0 saturated heterocycles. The molecule has 72 valence electrons. The highest BCUT2D eigenvalue weighted by molar-refractivity contribution is 6.71. The maximum atomic E-state index is 10.2. The van der Waals surface area contributed by atoms with Gasteiger partial charge >= 0.3 is 5.97 Å². The van der Waals surface area contributed by atoms with Gasteiger partial charge in [0, 0.05) is 13.0 Å². The zero-order valence-electron chi connectivity index (χ0n) is 8.09. The van der Waals surface area contributed by atoms with Crippen molar-refractivity contribution in [1.82, 2.24) is 0 Å². The van der Waals surface area contributed by atoms with E-state index in [1.54, 1.807) is 0 Å². The van der Waals surface area contributed by atoms with E-state index in [-0.39, 0.29) is 6.42 Å². The first kappa shape index (κ1) is 11.6. The van der Waals surface area contributed by atoms with Crippen molar-refractivity contribution in [3.05, 3.63) is 0 Å². The van der Waals surface area contributed by atoms with E-state index >= 15 is 0 Å². The second-order valence-electron chi connectivity index (χ2n) is 3.44. The first-order valence-electron chi connectivity index (χ1n) is 4.33. The Labute approximate surface area is 74.9 Å². The molecule has 0 heterocycles. The Kier molecular flexibility index (Phi) is 5.16. The lowest BCUT2D eigenvalue weighted by molar-refractivity contribution is -0.137. The molecule has 0 fully saturated rings. The van der Waals surface area contributed by atoms with Gasteiger partial charge in [-0.2, -0.15) is 0 Å². The molecule has 0 amide bonds. The van der Waals surface area contributed by atoms with Crippen LogP contribution in [0, 0.1) is 0 Å². The molecule has 1 N–H and O–H groups in total. The minimum absolute atomic E-state index is 0.267. The largest absolute Gasteiger partial charge is 0.481 e. The summed E-state index contributed by atoms with van der Waals surface area (Å²) in [5, 5.41) is 8.41. The van der Waals surface area contributed by atoms with E-state index in [0.29, 0.717) is 0 Å². The van der Waals surface area contributed by atoms with Crippen molar-refractivity contribution in [3.63, 3.8) is 0 Å². The second kappa shape index (κ2) is 5.32. The lowest BCUT2D eigenvalue weighted by atomic mass is 10.3. The van der Waals surface area contributed by atoms with Gasteiger partial charge in [-0.1, -0.05) is 0 Å². The molecule has 0 saturated carbocycles. The Bertz CT molecular complexity index is 145. The molecule has 3 nitrogen and oxygen atoms in total. The van der Waals surface area contributed by atoms with Crippen LogP contribution in [0.3, 0.4) is 0 Å². The SMILES string of the molecule is CCO[Si](C)(C)CCCC(=O)O. The lowest BCUT2D eigenvalue weighted by Gasteiger charge is -2.21. The standard InChI is InChI=1S/C8H18O3Si/c1-4-11-12(2,3)7-5-6-8(9)10/h4-7H2,1-3H3,(H,9,10). The number of hydrogen-bond acceptors (Lipinski definition) is 2. The molecule has 0 aliphatic carbocycles. The van der Waals surface area contributed by atoms with Crippen molar-refractivity contribution in [1.29, 1.82) is 0 Å². The van der Waals surface area contributed by atoms with Crippen LogP contribution in [-0.4, -0.2) is 26.0 Å². The molecule has 0 aromatic rings. The first-order valence-corrected chi connectivity index (χ1v) is 7.45. The molecule has 0 atom stereocenters. The fourth-order valence-corrected chi connectivity index (χ4v) is 3.08. The molecule has 0 aliphatic heterocycles. The summed E-state index contributed by atoms with van der Waals surface area (Å²) in [5.41, 5.74) is 0. The lowest BCUT2D eigenvalue weighted by Crippen LogP contribution is -2.30. The Morgan fingerprint density at radius 2 is 2.08 bits per heavy atom. The van der Waals surface area contributed by atoms with Gasteiger partial charge in [0.05, 0.1) is 0 Å². The summed E-state index contributed by atoms with van der Waals surface area (Å²) in [5.74, 6) is -0.712. The van der Waals surface area contributed by atoms with Crippen molar-refractivity contribution in [3.8, 4) is 0 Å². The van der Waals surface area contributed by atoms with Crippen molar-refractivity contribution in [2.24, 2.45) is 0 Å². The predicted octanol–water partition coefficient (Wildman–Crippen LogP) is 2.09. The molecule has 0 rings (SSSR count). The van der Waals surface area contributed by atoms with E-state index < -0.39 is 14.3 Å². The third kappa shape index (κ3) is 6.36. The molecule has 0 aromatic carbocycles. The number of hydrogen-bond donors (Lipinski definition) is 1. The maximum absolute atomic E-state index is 10.2. The van der Waals surface area contributed by atoms with E-state index in [9.17, 15) is 4.79 Å². The molecule has 12 heavy (non-hydrogen) atoms. The van der Waals surface area contributed by atoms with Crippen LogP contribution in [0.25, 0.3) is 0 Å². The summed E-state index contributed by atoms with van der Waals surface area (Å²) in [7, 11) is -1.53. The highest BCUT2D eigenvalue weighted by atomic mass is 28.4. The van der Waals surface area contributed by atoms with E-state index in [0.717, 1.165) is 19.1 Å². The first-order chi connectivity index (χ1) is 5.48. The fraction of sp³-hybridized carbons (Fsp3) is 0.875. The topological polar surface area (TPSA) is 46.5 Å².